The SMILES string of the molecule is CCOC(=O)c1c(C)[nH]c(C(=O)N2CC=C(c3c[nH]c4cc(F)ccc34)CC2)c1C. The van der Waals surface area contributed by atoms with Gasteiger partial charge in [-0.1, -0.05) is 6.08 Å². The summed E-state index contributed by atoms with van der Waals surface area (Å²) in [5.41, 5.74) is 5.03. The molecule has 1 aliphatic rings. The van der Waals surface area contributed by atoms with Gasteiger partial charge >= 0.3 is 5.97 Å². The summed E-state index contributed by atoms with van der Waals surface area (Å²) >= 11 is 0. The molecule has 30 heavy (non-hydrogen) atoms. The molecule has 6 nitrogen and oxygen atoms in total. The first-order valence-corrected chi connectivity index (χ1v) is 10.0. The lowest BCUT2D eigenvalue weighted by atomic mass is 9.98. The van der Waals surface area contributed by atoms with E-state index in [4.69, 9.17) is 4.74 Å². The van der Waals surface area contributed by atoms with Crippen LogP contribution in [0, 0.1) is 19.7 Å². The van der Waals surface area contributed by atoms with Crippen molar-refractivity contribution in [3.63, 3.8) is 0 Å². The minimum Gasteiger partial charge on any atom is -0.462 e. The summed E-state index contributed by atoms with van der Waals surface area (Å²) in [5.74, 6) is -0.828. The summed E-state index contributed by atoms with van der Waals surface area (Å²) in [7, 11) is 0. The summed E-state index contributed by atoms with van der Waals surface area (Å²) in [4.78, 5) is 33.2. The van der Waals surface area contributed by atoms with Crippen molar-refractivity contribution in [2.75, 3.05) is 19.7 Å². The number of esters is 1. The molecule has 1 aliphatic heterocycles. The second-order valence-electron chi connectivity index (χ2n) is 7.47. The highest BCUT2D eigenvalue weighted by Gasteiger charge is 2.27. The summed E-state index contributed by atoms with van der Waals surface area (Å²) < 4.78 is 18.5. The fourth-order valence-electron chi connectivity index (χ4n) is 4.09. The largest absolute Gasteiger partial charge is 0.462 e. The van der Waals surface area contributed by atoms with Crippen LogP contribution in [0.2, 0.25) is 0 Å². The van der Waals surface area contributed by atoms with Gasteiger partial charge in [-0.3, -0.25) is 4.79 Å². The van der Waals surface area contributed by atoms with E-state index in [9.17, 15) is 14.0 Å². The van der Waals surface area contributed by atoms with Crippen LogP contribution in [0.1, 0.15) is 51.0 Å². The molecule has 7 heteroatoms. The number of halogens is 1. The van der Waals surface area contributed by atoms with Crippen molar-refractivity contribution in [3.05, 3.63) is 64.4 Å². The number of nitrogens with zero attached hydrogens (tertiary/aromatic N) is 1. The fraction of sp³-hybridized carbons (Fsp3) is 0.304. The number of nitrogens with one attached hydrogen (secondary N) is 2. The summed E-state index contributed by atoms with van der Waals surface area (Å²) in [6.45, 7) is 6.60. The van der Waals surface area contributed by atoms with Gasteiger partial charge in [0.25, 0.3) is 5.91 Å². The molecule has 0 unspecified atom stereocenters. The number of aryl methyl sites for hydroxylation is 1. The number of hydrogen-bond acceptors (Lipinski definition) is 3. The Kier molecular flexibility index (Phi) is 5.20. The summed E-state index contributed by atoms with van der Waals surface area (Å²) in [5, 5.41) is 0.970. The molecule has 0 bridgehead atoms. The molecule has 2 N–H and O–H groups in total. The van der Waals surface area contributed by atoms with E-state index in [1.54, 1.807) is 31.7 Å². The number of aromatic nitrogens is 2. The molecule has 4 rings (SSSR count). The standard InChI is InChI=1S/C23H24FN3O3/c1-4-30-23(29)20-13(2)21(26-14(20)3)22(28)27-9-7-15(8-10-27)18-12-25-19-11-16(24)5-6-17(18)19/h5-7,11-12,25-26H,4,8-10H2,1-3H3. The van der Waals surface area contributed by atoms with Gasteiger partial charge in [-0.05, 0) is 56.5 Å². The van der Waals surface area contributed by atoms with Crippen molar-refractivity contribution in [3.8, 4) is 0 Å². The van der Waals surface area contributed by atoms with E-state index in [1.165, 1.54) is 12.1 Å². The first-order valence-electron chi connectivity index (χ1n) is 10.0. The van der Waals surface area contributed by atoms with Crippen LogP contribution in [-0.4, -0.2) is 46.4 Å². The highest BCUT2D eigenvalue weighted by molar-refractivity contribution is 6.01. The number of benzene rings is 1. The number of carbonyl (C=O) groups is 2. The van der Waals surface area contributed by atoms with Crippen molar-refractivity contribution < 1.29 is 18.7 Å². The molecule has 0 fully saturated rings. The van der Waals surface area contributed by atoms with Gasteiger partial charge in [0, 0.05) is 41.4 Å². The van der Waals surface area contributed by atoms with Gasteiger partial charge in [-0.25, -0.2) is 9.18 Å². The molecular formula is C23H24FN3O3. The third-order valence-electron chi connectivity index (χ3n) is 5.62. The van der Waals surface area contributed by atoms with Gasteiger partial charge in [0.1, 0.15) is 11.5 Å². The lowest BCUT2D eigenvalue weighted by molar-refractivity contribution is 0.0525. The predicted octanol–water partition coefficient (Wildman–Crippen LogP) is 4.36. The number of ether oxygens (including phenoxy) is 1. The Labute approximate surface area is 173 Å². The lowest BCUT2D eigenvalue weighted by Crippen LogP contribution is -2.35. The Balaban J connectivity index is 1.55. The molecular weight excluding hydrogens is 385 g/mol. The Morgan fingerprint density at radius 1 is 1.27 bits per heavy atom. The number of aromatic amines is 2. The van der Waals surface area contributed by atoms with E-state index in [0.29, 0.717) is 42.0 Å². The van der Waals surface area contributed by atoms with Crippen LogP contribution in [-0.2, 0) is 4.74 Å². The predicted molar refractivity (Wildman–Crippen MR) is 113 cm³/mol. The zero-order valence-electron chi connectivity index (χ0n) is 17.3. The van der Waals surface area contributed by atoms with Gasteiger partial charge in [0.2, 0.25) is 0 Å². The van der Waals surface area contributed by atoms with Gasteiger partial charge in [-0.15, -0.1) is 0 Å². The Morgan fingerprint density at radius 2 is 2.07 bits per heavy atom. The maximum atomic E-state index is 13.4. The number of H-pyrrole nitrogens is 2. The van der Waals surface area contributed by atoms with Crippen molar-refractivity contribution in [1.82, 2.24) is 14.9 Å². The minimum atomic E-state index is -0.417. The number of amides is 1. The Morgan fingerprint density at radius 3 is 2.77 bits per heavy atom. The molecule has 156 valence electrons. The average Bonchev–Trinajstić information content (AvgIpc) is 3.27. The van der Waals surface area contributed by atoms with Crippen LogP contribution in [0.25, 0.3) is 16.5 Å². The summed E-state index contributed by atoms with van der Waals surface area (Å²) in [6, 6.07) is 4.71. The number of carbonyl (C=O) groups excluding carboxylic acids is 2. The van der Waals surface area contributed by atoms with Crippen LogP contribution in [0.15, 0.2) is 30.5 Å². The lowest BCUT2D eigenvalue weighted by Gasteiger charge is -2.26. The molecule has 0 saturated heterocycles. The Bertz CT molecular complexity index is 1170. The third-order valence-corrected chi connectivity index (χ3v) is 5.62. The van der Waals surface area contributed by atoms with E-state index in [-0.39, 0.29) is 18.3 Å². The third kappa shape index (κ3) is 3.40. The van der Waals surface area contributed by atoms with Gasteiger partial charge in [0.15, 0.2) is 0 Å². The fourth-order valence-corrected chi connectivity index (χ4v) is 4.09. The minimum absolute atomic E-state index is 0.137. The highest BCUT2D eigenvalue weighted by Crippen LogP contribution is 2.30. The zero-order valence-corrected chi connectivity index (χ0v) is 17.3. The second-order valence-corrected chi connectivity index (χ2v) is 7.47. The average molecular weight is 409 g/mol. The molecule has 1 aromatic carbocycles. The highest BCUT2D eigenvalue weighted by atomic mass is 19.1. The number of fused-ring (bicyclic) bond motifs is 1. The molecule has 0 saturated carbocycles. The quantitative estimate of drug-likeness (QED) is 0.629. The molecule has 3 aromatic rings. The smallest absolute Gasteiger partial charge is 0.340 e. The first-order chi connectivity index (χ1) is 14.4. The van der Waals surface area contributed by atoms with Crippen LogP contribution < -0.4 is 0 Å². The van der Waals surface area contributed by atoms with Crippen molar-refractivity contribution in [2.24, 2.45) is 0 Å². The second kappa shape index (κ2) is 7.82. The van der Waals surface area contributed by atoms with E-state index in [1.807, 2.05) is 12.3 Å². The van der Waals surface area contributed by atoms with Crippen LogP contribution in [0.4, 0.5) is 4.39 Å². The number of hydrogen-bond donors (Lipinski definition) is 2. The maximum absolute atomic E-state index is 13.4. The molecule has 2 aromatic heterocycles. The van der Waals surface area contributed by atoms with Crippen molar-refractivity contribution in [1.29, 1.82) is 0 Å². The molecule has 0 atom stereocenters. The van der Waals surface area contributed by atoms with Gasteiger partial charge in [-0.2, -0.15) is 0 Å². The maximum Gasteiger partial charge on any atom is 0.340 e. The van der Waals surface area contributed by atoms with E-state index in [2.05, 4.69) is 9.97 Å². The molecule has 0 aliphatic carbocycles. The first kappa shape index (κ1) is 19.9. The van der Waals surface area contributed by atoms with Gasteiger partial charge in [0.05, 0.1) is 12.2 Å². The van der Waals surface area contributed by atoms with Gasteiger partial charge < -0.3 is 19.6 Å². The number of rotatable bonds is 4. The monoisotopic (exact) mass is 409 g/mol. The van der Waals surface area contributed by atoms with E-state index >= 15 is 0 Å². The van der Waals surface area contributed by atoms with Crippen LogP contribution in [0.5, 0.6) is 0 Å². The van der Waals surface area contributed by atoms with E-state index < -0.39 is 5.97 Å². The molecule has 0 spiro atoms. The molecule has 3 heterocycles. The van der Waals surface area contributed by atoms with Crippen molar-refractivity contribution >= 4 is 28.4 Å². The van der Waals surface area contributed by atoms with Crippen LogP contribution in [0.3, 0.4) is 0 Å². The van der Waals surface area contributed by atoms with Crippen molar-refractivity contribution in [2.45, 2.75) is 27.2 Å². The summed E-state index contributed by atoms with van der Waals surface area (Å²) in [6.07, 6.45) is 4.61. The Hall–Kier alpha value is -3.35. The topological polar surface area (TPSA) is 78.2 Å². The zero-order chi connectivity index (χ0) is 21.4. The van der Waals surface area contributed by atoms with Crippen LogP contribution >= 0.6 is 0 Å². The molecule has 0 radical (unpaired) electrons. The van der Waals surface area contributed by atoms with E-state index in [0.717, 1.165) is 22.0 Å². The normalized spacial score (nSPS) is 14.1. The molecule has 1 amide bonds.